The van der Waals surface area contributed by atoms with Crippen molar-refractivity contribution in [2.24, 2.45) is 11.1 Å². The summed E-state index contributed by atoms with van der Waals surface area (Å²) < 4.78 is 0. The number of nitriles is 1. The molecule has 3 heteroatoms. The van der Waals surface area contributed by atoms with Crippen LogP contribution in [0.3, 0.4) is 0 Å². The Bertz CT molecular complexity index is 181. The molecule has 54 valence electrons. The van der Waals surface area contributed by atoms with Gasteiger partial charge in [0.05, 0.1) is 11.8 Å². The molecule has 0 saturated heterocycles. The normalized spacial score (nSPS) is 23.2. The van der Waals surface area contributed by atoms with Crippen molar-refractivity contribution in [3.05, 3.63) is 0 Å². The average Bonchev–Trinajstić information content (AvgIpc) is 2.36. The summed E-state index contributed by atoms with van der Waals surface area (Å²) in [5.74, 6) is -0.0834. The Hall–Kier alpha value is -1.04. The van der Waals surface area contributed by atoms with Crippen LogP contribution in [0.25, 0.3) is 0 Å². The fourth-order valence-electron chi connectivity index (χ4n) is 0.942. The molecule has 0 radical (unpaired) electrons. The first-order valence-electron chi connectivity index (χ1n) is 3.46. The molecule has 0 aromatic heterocycles. The zero-order valence-corrected chi connectivity index (χ0v) is 6.00. The molecule has 0 aromatic carbocycles. The fourth-order valence-corrected chi connectivity index (χ4v) is 0.942. The van der Waals surface area contributed by atoms with E-state index in [1.165, 1.54) is 0 Å². The summed E-state index contributed by atoms with van der Waals surface area (Å²) >= 11 is 0. The number of hydrogen-bond acceptors (Lipinski definition) is 3. The highest BCUT2D eigenvalue weighted by Crippen LogP contribution is 2.12. The fraction of sp³-hybridized carbons (Fsp3) is 0.714. The Balaban J connectivity index is 2.50. The molecule has 0 saturated carbocycles. The lowest BCUT2D eigenvalue weighted by Gasteiger charge is -1.96. The number of nitrogens with zero attached hydrogens (tertiary/aromatic N) is 2. The first kappa shape index (κ1) is 7.07. The van der Waals surface area contributed by atoms with Crippen LogP contribution in [0.5, 0.6) is 0 Å². The Kier molecular flexibility index (Phi) is 2.27. The van der Waals surface area contributed by atoms with E-state index in [-0.39, 0.29) is 5.92 Å². The van der Waals surface area contributed by atoms with Crippen LogP contribution >= 0.6 is 0 Å². The predicted octanol–water partition coefficient (Wildman–Crippen LogP) is 1.31. The molecule has 1 aliphatic rings. The summed E-state index contributed by atoms with van der Waals surface area (Å²) in [5.41, 5.74) is 0.907. The zero-order valence-electron chi connectivity index (χ0n) is 6.00. The van der Waals surface area contributed by atoms with Crippen molar-refractivity contribution in [2.75, 3.05) is 6.61 Å². The minimum absolute atomic E-state index is 0.0834. The Morgan fingerprint density at radius 3 is 3.30 bits per heavy atom. The summed E-state index contributed by atoms with van der Waals surface area (Å²) in [7, 11) is 0. The maximum atomic E-state index is 8.55. The van der Waals surface area contributed by atoms with Gasteiger partial charge >= 0.3 is 0 Å². The van der Waals surface area contributed by atoms with Gasteiger partial charge in [0.15, 0.2) is 0 Å². The van der Waals surface area contributed by atoms with Crippen LogP contribution in [0.4, 0.5) is 0 Å². The van der Waals surface area contributed by atoms with Crippen LogP contribution in [-0.2, 0) is 4.84 Å². The Morgan fingerprint density at radius 2 is 2.70 bits per heavy atom. The van der Waals surface area contributed by atoms with E-state index in [2.05, 4.69) is 18.1 Å². The summed E-state index contributed by atoms with van der Waals surface area (Å²) in [4.78, 5) is 4.78. The third-order valence-corrected chi connectivity index (χ3v) is 1.49. The molecule has 0 bridgehead atoms. The molecule has 10 heavy (non-hydrogen) atoms. The maximum absolute atomic E-state index is 8.55. The van der Waals surface area contributed by atoms with Crippen LogP contribution < -0.4 is 0 Å². The van der Waals surface area contributed by atoms with Crippen molar-refractivity contribution in [3.63, 3.8) is 0 Å². The molecule has 1 atom stereocenters. The largest absolute Gasteiger partial charge is 0.394 e. The first-order chi connectivity index (χ1) is 4.88. The highest BCUT2D eigenvalue weighted by atomic mass is 16.6. The quantitative estimate of drug-likeness (QED) is 0.577. The average molecular weight is 138 g/mol. The SMILES string of the molecule is CCCC1=NOCC1C#N. The molecule has 1 unspecified atom stereocenters. The minimum Gasteiger partial charge on any atom is -0.394 e. The lowest BCUT2D eigenvalue weighted by molar-refractivity contribution is 0.163. The van der Waals surface area contributed by atoms with Gasteiger partial charge < -0.3 is 4.84 Å². The van der Waals surface area contributed by atoms with Crippen LogP contribution in [0.15, 0.2) is 5.16 Å². The van der Waals surface area contributed by atoms with Crippen LogP contribution in [0.2, 0.25) is 0 Å². The third kappa shape index (κ3) is 1.27. The molecule has 1 aliphatic heterocycles. The van der Waals surface area contributed by atoms with Crippen molar-refractivity contribution >= 4 is 5.71 Å². The van der Waals surface area contributed by atoms with Gasteiger partial charge in [0.2, 0.25) is 0 Å². The molecule has 0 N–H and O–H groups in total. The zero-order chi connectivity index (χ0) is 7.40. The van der Waals surface area contributed by atoms with Gasteiger partial charge in [-0.05, 0) is 6.42 Å². The molecule has 0 aliphatic carbocycles. The molecule has 0 spiro atoms. The van der Waals surface area contributed by atoms with Crippen molar-refractivity contribution in [1.29, 1.82) is 5.26 Å². The molecular formula is C7H10N2O. The smallest absolute Gasteiger partial charge is 0.138 e. The van der Waals surface area contributed by atoms with Crippen LogP contribution in [-0.4, -0.2) is 12.3 Å². The molecule has 3 nitrogen and oxygen atoms in total. The van der Waals surface area contributed by atoms with E-state index in [1.54, 1.807) is 0 Å². The number of oxime groups is 1. The first-order valence-corrected chi connectivity index (χ1v) is 3.46. The van der Waals surface area contributed by atoms with E-state index in [0.29, 0.717) is 6.61 Å². The monoisotopic (exact) mass is 138 g/mol. The predicted molar refractivity (Wildman–Crippen MR) is 37.4 cm³/mol. The molecule has 1 rings (SSSR count). The highest BCUT2D eigenvalue weighted by molar-refractivity contribution is 5.89. The van der Waals surface area contributed by atoms with E-state index in [9.17, 15) is 0 Å². The maximum Gasteiger partial charge on any atom is 0.138 e. The van der Waals surface area contributed by atoms with Gasteiger partial charge in [-0.25, -0.2) is 0 Å². The van der Waals surface area contributed by atoms with Gasteiger partial charge in [-0.3, -0.25) is 0 Å². The van der Waals surface area contributed by atoms with Crippen molar-refractivity contribution < 1.29 is 4.84 Å². The lowest BCUT2D eigenvalue weighted by atomic mass is 10.0. The molecular weight excluding hydrogens is 128 g/mol. The van der Waals surface area contributed by atoms with Gasteiger partial charge in [-0.15, -0.1) is 0 Å². The van der Waals surface area contributed by atoms with E-state index in [1.807, 2.05) is 0 Å². The number of rotatable bonds is 2. The van der Waals surface area contributed by atoms with E-state index in [0.717, 1.165) is 18.6 Å². The topological polar surface area (TPSA) is 45.4 Å². The summed E-state index contributed by atoms with van der Waals surface area (Å²) in [6.45, 7) is 2.51. The number of hydrogen-bond donors (Lipinski definition) is 0. The van der Waals surface area contributed by atoms with Gasteiger partial charge in [-0.1, -0.05) is 18.5 Å². The standard InChI is InChI=1S/C7H10N2O/c1-2-3-7-6(4-8)5-10-9-7/h6H,2-3,5H2,1H3. The summed E-state index contributed by atoms with van der Waals surface area (Å²) in [6.07, 6.45) is 1.92. The van der Waals surface area contributed by atoms with Crippen LogP contribution in [0.1, 0.15) is 19.8 Å². The molecule has 0 amide bonds. The molecule has 1 heterocycles. The molecule has 0 aromatic rings. The van der Waals surface area contributed by atoms with E-state index < -0.39 is 0 Å². The van der Waals surface area contributed by atoms with Gasteiger partial charge in [0.1, 0.15) is 12.5 Å². The second-order valence-electron chi connectivity index (χ2n) is 2.31. The second kappa shape index (κ2) is 3.21. The minimum atomic E-state index is -0.0834. The van der Waals surface area contributed by atoms with E-state index in [4.69, 9.17) is 10.1 Å². The van der Waals surface area contributed by atoms with Crippen LogP contribution in [0, 0.1) is 17.2 Å². The van der Waals surface area contributed by atoms with Gasteiger partial charge in [0, 0.05) is 0 Å². The highest BCUT2D eigenvalue weighted by Gasteiger charge is 2.21. The summed E-state index contributed by atoms with van der Waals surface area (Å²) in [5, 5.41) is 12.3. The van der Waals surface area contributed by atoms with Crippen molar-refractivity contribution in [3.8, 4) is 6.07 Å². The molecule has 0 fully saturated rings. The Labute approximate surface area is 60.3 Å². The van der Waals surface area contributed by atoms with Gasteiger partial charge in [0.25, 0.3) is 0 Å². The summed E-state index contributed by atoms with van der Waals surface area (Å²) in [6, 6.07) is 2.14. The third-order valence-electron chi connectivity index (χ3n) is 1.49. The second-order valence-corrected chi connectivity index (χ2v) is 2.31. The van der Waals surface area contributed by atoms with E-state index >= 15 is 0 Å². The lowest BCUT2D eigenvalue weighted by Crippen LogP contribution is -2.09. The Morgan fingerprint density at radius 1 is 1.90 bits per heavy atom. The van der Waals surface area contributed by atoms with Crippen molar-refractivity contribution in [1.82, 2.24) is 0 Å². The van der Waals surface area contributed by atoms with Gasteiger partial charge in [-0.2, -0.15) is 5.26 Å². The van der Waals surface area contributed by atoms with Crippen molar-refractivity contribution in [2.45, 2.75) is 19.8 Å².